The van der Waals surface area contributed by atoms with E-state index < -0.39 is 0 Å². The number of carbonyl (C=O) groups is 1. The van der Waals surface area contributed by atoms with Gasteiger partial charge in [-0.3, -0.25) is 4.79 Å². The smallest absolute Gasteiger partial charge is 0.277 e. The first-order chi connectivity index (χ1) is 7.66. The number of anilines is 1. The SMILES string of the molecule is Cc1nc(C(=O)Nc2ccccn2)c(Br)s1. The number of aromatic nitrogens is 2. The highest BCUT2D eigenvalue weighted by Crippen LogP contribution is 2.24. The molecule has 0 unspecified atom stereocenters. The van der Waals surface area contributed by atoms with Crippen LogP contribution >= 0.6 is 27.3 Å². The fourth-order valence-corrected chi connectivity index (χ4v) is 2.76. The Kier molecular flexibility index (Phi) is 3.31. The van der Waals surface area contributed by atoms with Crippen LogP contribution in [0, 0.1) is 6.92 Å². The number of hydrogen-bond donors (Lipinski definition) is 1. The van der Waals surface area contributed by atoms with Crippen molar-refractivity contribution in [2.75, 3.05) is 5.32 Å². The monoisotopic (exact) mass is 297 g/mol. The zero-order chi connectivity index (χ0) is 11.5. The van der Waals surface area contributed by atoms with Crippen LogP contribution in [0.1, 0.15) is 15.5 Å². The standard InChI is InChI=1S/C10H8BrN3OS/c1-6-13-8(9(11)16-6)10(15)14-7-4-2-3-5-12-7/h2-5H,1H3,(H,12,14,15). The quantitative estimate of drug-likeness (QED) is 0.927. The van der Waals surface area contributed by atoms with E-state index in [0.717, 1.165) is 8.79 Å². The van der Waals surface area contributed by atoms with Gasteiger partial charge in [-0.15, -0.1) is 11.3 Å². The van der Waals surface area contributed by atoms with Crippen molar-refractivity contribution in [1.29, 1.82) is 0 Å². The van der Waals surface area contributed by atoms with Crippen molar-refractivity contribution in [3.8, 4) is 0 Å². The number of nitrogens with zero attached hydrogens (tertiary/aromatic N) is 2. The van der Waals surface area contributed by atoms with Crippen LogP contribution in [-0.4, -0.2) is 15.9 Å². The molecule has 2 rings (SSSR count). The summed E-state index contributed by atoms with van der Waals surface area (Å²) in [6.45, 7) is 1.85. The molecule has 0 atom stereocenters. The van der Waals surface area contributed by atoms with Gasteiger partial charge in [0, 0.05) is 6.20 Å². The highest BCUT2D eigenvalue weighted by atomic mass is 79.9. The van der Waals surface area contributed by atoms with Gasteiger partial charge < -0.3 is 5.32 Å². The van der Waals surface area contributed by atoms with Crippen LogP contribution in [0.25, 0.3) is 0 Å². The van der Waals surface area contributed by atoms with Crippen LogP contribution in [0.15, 0.2) is 28.2 Å². The minimum atomic E-state index is -0.255. The highest BCUT2D eigenvalue weighted by molar-refractivity contribution is 9.11. The highest BCUT2D eigenvalue weighted by Gasteiger charge is 2.15. The van der Waals surface area contributed by atoms with E-state index in [0.29, 0.717) is 11.5 Å². The van der Waals surface area contributed by atoms with Gasteiger partial charge in [0.05, 0.1) is 5.01 Å². The second-order valence-corrected chi connectivity index (χ2v) is 5.55. The van der Waals surface area contributed by atoms with Gasteiger partial charge in [-0.05, 0) is 35.0 Å². The number of amides is 1. The van der Waals surface area contributed by atoms with Crippen LogP contribution in [0.4, 0.5) is 5.82 Å². The largest absolute Gasteiger partial charge is 0.305 e. The zero-order valence-electron chi connectivity index (χ0n) is 8.40. The molecule has 0 aliphatic heterocycles. The van der Waals surface area contributed by atoms with E-state index in [9.17, 15) is 4.79 Å². The van der Waals surface area contributed by atoms with Crippen molar-refractivity contribution < 1.29 is 4.79 Å². The molecule has 2 heterocycles. The molecule has 2 aromatic heterocycles. The predicted octanol–water partition coefficient (Wildman–Crippen LogP) is 2.86. The Morgan fingerprint density at radius 2 is 2.31 bits per heavy atom. The number of thiazole rings is 1. The molecule has 1 N–H and O–H groups in total. The van der Waals surface area contributed by atoms with Crippen molar-refractivity contribution in [2.45, 2.75) is 6.92 Å². The normalized spacial score (nSPS) is 10.1. The summed E-state index contributed by atoms with van der Waals surface area (Å²) in [6.07, 6.45) is 1.62. The Labute approximate surface area is 105 Å². The van der Waals surface area contributed by atoms with E-state index in [1.165, 1.54) is 11.3 Å². The van der Waals surface area contributed by atoms with Gasteiger partial charge in [-0.1, -0.05) is 6.07 Å². The molecular weight excluding hydrogens is 290 g/mol. The van der Waals surface area contributed by atoms with E-state index in [1.54, 1.807) is 18.3 Å². The molecule has 0 saturated carbocycles. The second kappa shape index (κ2) is 4.71. The van der Waals surface area contributed by atoms with Crippen molar-refractivity contribution in [3.05, 3.63) is 38.9 Å². The molecule has 0 aliphatic carbocycles. The Bertz CT molecular complexity index is 512. The average molecular weight is 298 g/mol. The van der Waals surface area contributed by atoms with Crippen LogP contribution < -0.4 is 5.32 Å². The first-order valence-electron chi connectivity index (χ1n) is 4.52. The van der Waals surface area contributed by atoms with E-state index >= 15 is 0 Å². The molecule has 4 nitrogen and oxygen atoms in total. The van der Waals surface area contributed by atoms with Crippen molar-refractivity contribution in [1.82, 2.24) is 9.97 Å². The van der Waals surface area contributed by atoms with E-state index in [4.69, 9.17) is 0 Å². The number of aryl methyl sites for hydroxylation is 1. The molecule has 1 amide bonds. The number of halogens is 1. The number of pyridine rings is 1. The lowest BCUT2D eigenvalue weighted by Crippen LogP contribution is -2.13. The summed E-state index contributed by atoms with van der Waals surface area (Å²) in [5.41, 5.74) is 0.396. The van der Waals surface area contributed by atoms with Crippen LogP contribution in [0.2, 0.25) is 0 Å². The Morgan fingerprint density at radius 3 is 2.88 bits per heavy atom. The maximum Gasteiger partial charge on any atom is 0.277 e. The van der Waals surface area contributed by atoms with Crippen molar-refractivity contribution in [3.63, 3.8) is 0 Å². The molecule has 2 aromatic rings. The molecule has 6 heteroatoms. The maximum absolute atomic E-state index is 11.8. The van der Waals surface area contributed by atoms with Gasteiger partial charge in [-0.2, -0.15) is 0 Å². The summed E-state index contributed by atoms with van der Waals surface area (Å²) >= 11 is 4.74. The summed E-state index contributed by atoms with van der Waals surface area (Å²) < 4.78 is 0.735. The lowest BCUT2D eigenvalue weighted by atomic mass is 10.4. The topological polar surface area (TPSA) is 54.9 Å². The lowest BCUT2D eigenvalue weighted by Gasteiger charge is -2.01. The van der Waals surface area contributed by atoms with E-state index in [2.05, 4.69) is 31.2 Å². The molecule has 0 spiro atoms. The third-order valence-electron chi connectivity index (χ3n) is 1.81. The summed E-state index contributed by atoms with van der Waals surface area (Å²) in [4.78, 5) is 20.0. The predicted molar refractivity (Wildman–Crippen MR) is 66.7 cm³/mol. The molecule has 0 saturated heterocycles. The average Bonchev–Trinajstić information content (AvgIpc) is 2.59. The number of rotatable bonds is 2. The molecular formula is C10H8BrN3OS. The number of hydrogen-bond acceptors (Lipinski definition) is 4. The first kappa shape index (κ1) is 11.2. The molecule has 0 aromatic carbocycles. The van der Waals surface area contributed by atoms with Gasteiger partial charge in [0.1, 0.15) is 9.60 Å². The zero-order valence-corrected chi connectivity index (χ0v) is 10.8. The summed E-state index contributed by atoms with van der Waals surface area (Å²) in [6, 6.07) is 5.33. The van der Waals surface area contributed by atoms with Crippen LogP contribution in [-0.2, 0) is 0 Å². The van der Waals surface area contributed by atoms with Crippen molar-refractivity contribution >= 4 is 39.0 Å². The fourth-order valence-electron chi connectivity index (χ4n) is 1.15. The molecule has 0 bridgehead atoms. The molecule has 0 radical (unpaired) electrons. The Hall–Kier alpha value is -1.27. The van der Waals surface area contributed by atoms with Gasteiger partial charge in [0.25, 0.3) is 5.91 Å². The maximum atomic E-state index is 11.8. The summed E-state index contributed by atoms with van der Waals surface area (Å²) in [5.74, 6) is 0.264. The third kappa shape index (κ3) is 2.45. The first-order valence-corrected chi connectivity index (χ1v) is 6.13. The lowest BCUT2D eigenvalue weighted by molar-refractivity contribution is 0.102. The third-order valence-corrected chi connectivity index (χ3v) is 3.43. The molecule has 0 aliphatic rings. The molecule has 16 heavy (non-hydrogen) atoms. The van der Waals surface area contributed by atoms with Crippen LogP contribution in [0.5, 0.6) is 0 Å². The van der Waals surface area contributed by atoms with Gasteiger partial charge in [0.2, 0.25) is 0 Å². The number of carbonyl (C=O) groups excluding carboxylic acids is 1. The second-order valence-electron chi connectivity index (χ2n) is 3.02. The van der Waals surface area contributed by atoms with Gasteiger partial charge in [-0.25, -0.2) is 9.97 Å². The van der Waals surface area contributed by atoms with Gasteiger partial charge >= 0.3 is 0 Å². The Morgan fingerprint density at radius 1 is 1.50 bits per heavy atom. The van der Waals surface area contributed by atoms with Gasteiger partial charge in [0.15, 0.2) is 5.69 Å². The molecule has 82 valence electrons. The fraction of sp³-hybridized carbons (Fsp3) is 0.100. The molecule has 0 fully saturated rings. The minimum absolute atomic E-state index is 0.255. The minimum Gasteiger partial charge on any atom is -0.305 e. The summed E-state index contributed by atoms with van der Waals surface area (Å²) in [5, 5.41) is 3.52. The summed E-state index contributed by atoms with van der Waals surface area (Å²) in [7, 11) is 0. The number of nitrogens with one attached hydrogen (secondary N) is 1. The van der Waals surface area contributed by atoms with E-state index in [-0.39, 0.29) is 5.91 Å². The van der Waals surface area contributed by atoms with Crippen LogP contribution in [0.3, 0.4) is 0 Å². The van der Waals surface area contributed by atoms with Crippen molar-refractivity contribution in [2.24, 2.45) is 0 Å². The Balaban J connectivity index is 2.18. The van der Waals surface area contributed by atoms with E-state index in [1.807, 2.05) is 13.0 Å².